The van der Waals surface area contributed by atoms with Gasteiger partial charge in [0.05, 0.1) is 11.0 Å². The molecule has 1 aliphatic rings. The van der Waals surface area contributed by atoms with Gasteiger partial charge >= 0.3 is 0 Å². The zero-order chi connectivity index (χ0) is 35.3. The number of para-hydroxylation sites is 1. The summed E-state index contributed by atoms with van der Waals surface area (Å²) in [5, 5.41) is 4.84. The Labute approximate surface area is 310 Å². The van der Waals surface area contributed by atoms with Gasteiger partial charge < -0.3 is 0 Å². The number of fused-ring (bicyclic) bond motifs is 10. The van der Waals surface area contributed by atoms with Gasteiger partial charge in [0.1, 0.15) is 0 Å². The Morgan fingerprint density at radius 1 is 0.472 bits per heavy atom. The Bertz CT molecular complexity index is 3080. The Morgan fingerprint density at radius 3 is 2.00 bits per heavy atom. The van der Waals surface area contributed by atoms with Crippen LogP contribution < -0.4 is 0 Å². The standard InChI is InChI=1S/C48H32N4S/c1-48(2)39-20-9-6-15-32(39)35-27-28-36-33-16-7-10-21-40(33)52(43(36)42(35)48)47-50-45(31-25-23-30(24-26-31)29-13-4-3-5-14-29)49-46(51-47)38-19-12-18-37-34-17-8-11-22-41(34)53-44(37)38/h3-28H,1-2H3. The van der Waals surface area contributed by atoms with Crippen molar-refractivity contribution >= 4 is 53.3 Å². The monoisotopic (exact) mass is 696 g/mol. The van der Waals surface area contributed by atoms with E-state index in [0.29, 0.717) is 17.6 Å². The number of aromatic nitrogens is 4. The van der Waals surface area contributed by atoms with Gasteiger partial charge in [0.2, 0.25) is 5.95 Å². The summed E-state index contributed by atoms with van der Waals surface area (Å²) >= 11 is 1.79. The Morgan fingerprint density at radius 2 is 1.13 bits per heavy atom. The second kappa shape index (κ2) is 11.3. The number of rotatable bonds is 4. The average Bonchev–Trinajstić information content (AvgIpc) is 3.84. The highest BCUT2D eigenvalue weighted by atomic mass is 32.1. The summed E-state index contributed by atoms with van der Waals surface area (Å²) in [6.45, 7) is 4.69. The summed E-state index contributed by atoms with van der Waals surface area (Å²) in [4.78, 5) is 16.1. The van der Waals surface area contributed by atoms with Crippen LogP contribution in [0.2, 0.25) is 0 Å². The lowest BCUT2D eigenvalue weighted by atomic mass is 9.81. The molecule has 0 radical (unpaired) electrons. The lowest BCUT2D eigenvalue weighted by molar-refractivity contribution is 0.663. The molecule has 0 fully saturated rings. The Kier molecular flexibility index (Phi) is 6.43. The van der Waals surface area contributed by atoms with Crippen molar-refractivity contribution in [2.24, 2.45) is 0 Å². The predicted octanol–water partition coefficient (Wildman–Crippen LogP) is 12.6. The molecule has 53 heavy (non-hydrogen) atoms. The van der Waals surface area contributed by atoms with E-state index in [1.807, 2.05) is 6.07 Å². The lowest BCUT2D eigenvalue weighted by Gasteiger charge is -2.23. The number of hydrogen-bond acceptors (Lipinski definition) is 4. The molecule has 0 saturated carbocycles. The summed E-state index contributed by atoms with van der Waals surface area (Å²) < 4.78 is 4.73. The minimum Gasteiger partial charge on any atom is -0.277 e. The fraction of sp³-hybridized carbons (Fsp3) is 0.0625. The average molecular weight is 697 g/mol. The molecule has 0 amide bonds. The molecule has 1 aliphatic carbocycles. The van der Waals surface area contributed by atoms with Crippen LogP contribution in [-0.2, 0) is 5.41 Å². The van der Waals surface area contributed by atoms with Crippen molar-refractivity contribution in [3.05, 3.63) is 169 Å². The number of nitrogens with zero attached hydrogens (tertiary/aromatic N) is 4. The number of benzene rings is 7. The van der Waals surface area contributed by atoms with Crippen LogP contribution in [0.1, 0.15) is 25.0 Å². The van der Waals surface area contributed by atoms with Gasteiger partial charge in [-0.15, -0.1) is 11.3 Å². The van der Waals surface area contributed by atoms with Gasteiger partial charge in [0, 0.05) is 47.5 Å². The maximum atomic E-state index is 5.43. The van der Waals surface area contributed by atoms with Crippen LogP contribution in [0.15, 0.2) is 158 Å². The van der Waals surface area contributed by atoms with Crippen LogP contribution in [0, 0.1) is 0 Å². The lowest BCUT2D eigenvalue weighted by Crippen LogP contribution is -2.17. The molecule has 0 bridgehead atoms. The van der Waals surface area contributed by atoms with Gasteiger partial charge in [-0.05, 0) is 51.6 Å². The highest BCUT2D eigenvalue weighted by Gasteiger charge is 2.38. The van der Waals surface area contributed by atoms with E-state index in [1.54, 1.807) is 11.3 Å². The van der Waals surface area contributed by atoms with Gasteiger partial charge in [-0.3, -0.25) is 4.57 Å². The highest BCUT2D eigenvalue weighted by molar-refractivity contribution is 7.26. The van der Waals surface area contributed by atoms with Crippen molar-refractivity contribution in [1.29, 1.82) is 0 Å². The molecule has 5 heteroatoms. The first kappa shape index (κ1) is 30.2. The molecule has 3 heterocycles. The molecule has 0 atom stereocenters. The molecule has 4 nitrogen and oxygen atoms in total. The molecule has 11 rings (SSSR count). The van der Waals surface area contributed by atoms with Crippen molar-refractivity contribution in [1.82, 2.24) is 19.5 Å². The van der Waals surface area contributed by atoms with Crippen LogP contribution in [0.4, 0.5) is 0 Å². The Hall–Kier alpha value is -6.43. The predicted molar refractivity (Wildman–Crippen MR) is 221 cm³/mol. The van der Waals surface area contributed by atoms with Crippen molar-refractivity contribution in [3.8, 4) is 51.0 Å². The molecule has 0 spiro atoms. The molecule has 7 aromatic carbocycles. The molecular weight excluding hydrogens is 665 g/mol. The first-order chi connectivity index (χ1) is 26.0. The summed E-state index contributed by atoms with van der Waals surface area (Å²) in [5.74, 6) is 1.92. The summed E-state index contributed by atoms with van der Waals surface area (Å²) in [6.07, 6.45) is 0. The fourth-order valence-electron chi connectivity index (χ4n) is 8.60. The Balaban J connectivity index is 1.22. The first-order valence-electron chi connectivity index (χ1n) is 18.0. The van der Waals surface area contributed by atoms with Crippen molar-refractivity contribution < 1.29 is 0 Å². The summed E-state index contributed by atoms with van der Waals surface area (Å²) in [7, 11) is 0. The van der Waals surface area contributed by atoms with Gasteiger partial charge in [0.15, 0.2) is 11.6 Å². The second-order valence-corrected chi connectivity index (χ2v) is 15.5. The maximum absolute atomic E-state index is 5.43. The second-order valence-electron chi connectivity index (χ2n) is 14.4. The number of hydrogen-bond donors (Lipinski definition) is 0. The third-order valence-electron chi connectivity index (χ3n) is 11.1. The van der Waals surface area contributed by atoms with Gasteiger partial charge in [-0.1, -0.05) is 153 Å². The molecule has 250 valence electrons. The van der Waals surface area contributed by atoms with Crippen LogP contribution in [-0.4, -0.2) is 19.5 Å². The molecule has 0 N–H and O–H groups in total. The van der Waals surface area contributed by atoms with E-state index >= 15 is 0 Å². The van der Waals surface area contributed by atoms with E-state index in [-0.39, 0.29) is 5.41 Å². The minimum absolute atomic E-state index is 0.230. The van der Waals surface area contributed by atoms with E-state index in [4.69, 9.17) is 15.0 Å². The van der Waals surface area contributed by atoms with Gasteiger partial charge in [-0.25, -0.2) is 4.98 Å². The minimum atomic E-state index is -0.230. The van der Waals surface area contributed by atoms with E-state index in [2.05, 4.69) is 170 Å². The van der Waals surface area contributed by atoms with Crippen LogP contribution in [0.25, 0.3) is 93.0 Å². The molecule has 0 aliphatic heterocycles. The molecular formula is C48H32N4S. The maximum Gasteiger partial charge on any atom is 0.238 e. The molecule has 0 unspecified atom stereocenters. The fourth-order valence-corrected chi connectivity index (χ4v) is 9.81. The first-order valence-corrected chi connectivity index (χ1v) is 18.9. The van der Waals surface area contributed by atoms with E-state index < -0.39 is 0 Å². The zero-order valence-corrected chi connectivity index (χ0v) is 30.0. The smallest absolute Gasteiger partial charge is 0.238 e. The topological polar surface area (TPSA) is 43.6 Å². The molecule has 3 aromatic heterocycles. The normalized spacial score (nSPS) is 13.2. The van der Waals surface area contributed by atoms with E-state index in [0.717, 1.165) is 27.7 Å². The van der Waals surface area contributed by atoms with E-state index in [9.17, 15) is 0 Å². The third kappa shape index (κ3) is 4.44. The van der Waals surface area contributed by atoms with Crippen LogP contribution in [0.3, 0.4) is 0 Å². The SMILES string of the molecule is CC1(C)c2ccccc2-c2ccc3c4ccccc4n(-c4nc(-c5ccc(-c6ccccc6)cc5)nc(-c5cccc6c5sc5ccccc56)n4)c3c21. The van der Waals surface area contributed by atoms with E-state index in [1.165, 1.54) is 58.8 Å². The molecule has 0 saturated heterocycles. The van der Waals surface area contributed by atoms with Crippen molar-refractivity contribution in [3.63, 3.8) is 0 Å². The van der Waals surface area contributed by atoms with Gasteiger partial charge in [0.25, 0.3) is 0 Å². The summed E-state index contributed by atoms with van der Waals surface area (Å²) in [5.41, 5.74) is 11.5. The van der Waals surface area contributed by atoms with Crippen LogP contribution in [0.5, 0.6) is 0 Å². The largest absolute Gasteiger partial charge is 0.277 e. The summed E-state index contributed by atoms with van der Waals surface area (Å²) in [6, 6.07) is 56.2. The van der Waals surface area contributed by atoms with Crippen molar-refractivity contribution in [2.45, 2.75) is 19.3 Å². The zero-order valence-electron chi connectivity index (χ0n) is 29.2. The highest BCUT2D eigenvalue weighted by Crippen LogP contribution is 2.53. The molecule has 10 aromatic rings. The van der Waals surface area contributed by atoms with Gasteiger partial charge in [-0.2, -0.15) is 9.97 Å². The quantitative estimate of drug-likeness (QED) is 0.184. The van der Waals surface area contributed by atoms with Crippen LogP contribution >= 0.6 is 11.3 Å². The third-order valence-corrected chi connectivity index (χ3v) is 12.3. The number of thiophene rings is 1. The van der Waals surface area contributed by atoms with Crippen molar-refractivity contribution in [2.75, 3.05) is 0 Å².